The van der Waals surface area contributed by atoms with Gasteiger partial charge in [-0.05, 0) is 19.3 Å². The first kappa shape index (κ1) is 11.7. The van der Waals surface area contributed by atoms with Crippen molar-refractivity contribution in [3.05, 3.63) is 0 Å². The van der Waals surface area contributed by atoms with Crippen molar-refractivity contribution in [2.45, 2.75) is 51.3 Å². The zero-order valence-corrected chi connectivity index (χ0v) is 10.3. The van der Waals surface area contributed by atoms with Gasteiger partial charge in [-0.3, -0.25) is 5.43 Å². The first-order valence-electron chi connectivity index (χ1n) is 5.91. The maximum Gasteiger partial charge on any atom is 0.206 e. The van der Waals surface area contributed by atoms with Gasteiger partial charge in [-0.25, -0.2) is 10.8 Å². The molecule has 16 heavy (non-hydrogen) atoms. The fraction of sp³-hybridized carbons (Fsp3) is 0.909. The monoisotopic (exact) mass is 226 g/mol. The van der Waals surface area contributed by atoms with Crippen molar-refractivity contribution in [1.29, 1.82) is 0 Å². The molecule has 0 amide bonds. The van der Waals surface area contributed by atoms with Crippen LogP contribution in [0, 0.1) is 5.41 Å². The van der Waals surface area contributed by atoms with Gasteiger partial charge in [0.05, 0.1) is 12.1 Å². The second-order valence-electron chi connectivity index (χ2n) is 5.34. The van der Waals surface area contributed by atoms with Gasteiger partial charge in [-0.1, -0.05) is 13.8 Å². The van der Waals surface area contributed by atoms with Crippen LogP contribution in [-0.2, 0) is 4.74 Å². The Bertz CT molecular complexity index is 286. The lowest BCUT2D eigenvalue weighted by atomic mass is 9.65. The van der Waals surface area contributed by atoms with Crippen LogP contribution in [0.4, 0.5) is 0 Å². The molecule has 0 heterocycles. The molecule has 0 aromatic heterocycles. The number of guanidine groups is 1. The van der Waals surface area contributed by atoms with Gasteiger partial charge in [0, 0.05) is 18.6 Å². The van der Waals surface area contributed by atoms with Crippen LogP contribution in [0.25, 0.3) is 0 Å². The lowest BCUT2D eigenvalue weighted by Crippen LogP contribution is -2.55. The van der Waals surface area contributed by atoms with Crippen LogP contribution in [0.15, 0.2) is 4.99 Å². The number of aliphatic imine (C=N–C) groups is 1. The molecular weight excluding hydrogens is 204 g/mol. The number of hydrogen-bond donors (Lipinski definition) is 3. The van der Waals surface area contributed by atoms with Gasteiger partial charge < -0.3 is 10.1 Å². The Morgan fingerprint density at radius 2 is 2.12 bits per heavy atom. The van der Waals surface area contributed by atoms with E-state index in [1.165, 1.54) is 12.8 Å². The van der Waals surface area contributed by atoms with Gasteiger partial charge in [0.1, 0.15) is 0 Å². The van der Waals surface area contributed by atoms with Crippen molar-refractivity contribution in [3.8, 4) is 0 Å². The molecule has 0 spiro atoms. The number of nitrogens with zero attached hydrogens (tertiary/aromatic N) is 1. The molecule has 5 heteroatoms. The highest BCUT2D eigenvalue weighted by Crippen LogP contribution is 2.44. The molecular formula is C11H22N4O. The molecule has 0 aromatic carbocycles. The van der Waals surface area contributed by atoms with Gasteiger partial charge in [0.2, 0.25) is 5.96 Å². The third-order valence-electron chi connectivity index (χ3n) is 3.75. The van der Waals surface area contributed by atoms with E-state index in [4.69, 9.17) is 10.6 Å². The maximum absolute atomic E-state index is 5.46. The van der Waals surface area contributed by atoms with Gasteiger partial charge in [-0.15, -0.1) is 0 Å². The summed E-state index contributed by atoms with van der Waals surface area (Å²) in [5.74, 6) is 6.17. The van der Waals surface area contributed by atoms with Crippen LogP contribution >= 0.6 is 0 Å². The Morgan fingerprint density at radius 1 is 1.44 bits per heavy atom. The summed E-state index contributed by atoms with van der Waals surface area (Å²) < 4.78 is 5.40. The highest BCUT2D eigenvalue weighted by molar-refractivity contribution is 5.80. The van der Waals surface area contributed by atoms with Gasteiger partial charge >= 0.3 is 0 Å². The summed E-state index contributed by atoms with van der Waals surface area (Å²) >= 11 is 0. The highest BCUT2D eigenvalue weighted by Gasteiger charge is 2.49. The average Bonchev–Trinajstić information content (AvgIpc) is 3.05. The van der Waals surface area contributed by atoms with E-state index >= 15 is 0 Å². The van der Waals surface area contributed by atoms with Gasteiger partial charge in [-0.2, -0.15) is 0 Å². The van der Waals surface area contributed by atoms with E-state index in [1.54, 1.807) is 7.11 Å². The molecule has 0 saturated heterocycles. The Labute approximate surface area is 96.8 Å². The molecule has 2 aliphatic rings. The van der Waals surface area contributed by atoms with E-state index in [1.807, 2.05) is 0 Å². The van der Waals surface area contributed by atoms with E-state index in [2.05, 4.69) is 29.6 Å². The minimum atomic E-state index is 0.0993. The number of ether oxygens (including phenoxy) is 1. The average molecular weight is 226 g/mol. The molecule has 2 atom stereocenters. The normalized spacial score (nSPS) is 33.1. The van der Waals surface area contributed by atoms with E-state index < -0.39 is 0 Å². The molecule has 0 radical (unpaired) electrons. The summed E-state index contributed by atoms with van der Waals surface area (Å²) in [6.45, 7) is 4.37. The molecule has 0 aromatic rings. The van der Waals surface area contributed by atoms with Crippen molar-refractivity contribution < 1.29 is 4.74 Å². The zero-order chi connectivity index (χ0) is 11.8. The Hall–Kier alpha value is -0.810. The molecule has 2 aliphatic carbocycles. The number of hydrogen-bond acceptors (Lipinski definition) is 3. The summed E-state index contributed by atoms with van der Waals surface area (Å²) in [5.41, 5.74) is 2.74. The lowest BCUT2D eigenvalue weighted by molar-refractivity contribution is -0.0851. The molecule has 2 fully saturated rings. The summed E-state index contributed by atoms with van der Waals surface area (Å²) in [6, 6.07) is 0.853. The highest BCUT2D eigenvalue weighted by atomic mass is 16.5. The molecule has 4 N–H and O–H groups in total. The minimum absolute atomic E-state index is 0.0993. The lowest BCUT2D eigenvalue weighted by Gasteiger charge is -2.49. The number of methoxy groups -OCH3 is 1. The summed E-state index contributed by atoms with van der Waals surface area (Å²) in [4.78, 5) is 4.62. The predicted molar refractivity (Wildman–Crippen MR) is 63.9 cm³/mol. The van der Waals surface area contributed by atoms with Crippen molar-refractivity contribution in [1.82, 2.24) is 10.7 Å². The van der Waals surface area contributed by atoms with Crippen molar-refractivity contribution in [3.63, 3.8) is 0 Å². The molecule has 0 bridgehead atoms. The van der Waals surface area contributed by atoms with Crippen LogP contribution in [0.2, 0.25) is 0 Å². The van der Waals surface area contributed by atoms with Gasteiger partial charge in [0.25, 0.3) is 0 Å². The fourth-order valence-corrected chi connectivity index (χ4v) is 2.18. The first-order chi connectivity index (χ1) is 7.57. The number of nitrogens with two attached hydrogens (primary N) is 1. The topological polar surface area (TPSA) is 71.7 Å². The maximum atomic E-state index is 5.46. The fourth-order valence-electron chi connectivity index (χ4n) is 2.18. The smallest absolute Gasteiger partial charge is 0.206 e. The number of nitrogens with one attached hydrogen (secondary N) is 2. The third-order valence-corrected chi connectivity index (χ3v) is 3.75. The van der Waals surface area contributed by atoms with E-state index in [0.29, 0.717) is 12.1 Å². The molecule has 0 aliphatic heterocycles. The standard InChI is InChI=1S/C11H22N4O/c1-11(2)8(6-9(11)16-3)14-10(15-12)13-7-4-5-7/h7-9H,4-6,12H2,1-3H3,(H2,13,14,15). The molecule has 92 valence electrons. The van der Waals surface area contributed by atoms with Crippen LogP contribution in [0.5, 0.6) is 0 Å². The van der Waals surface area contributed by atoms with Crippen molar-refractivity contribution >= 4 is 5.96 Å². The largest absolute Gasteiger partial charge is 0.381 e. The Balaban J connectivity index is 1.94. The molecule has 2 unspecified atom stereocenters. The zero-order valence-electron chi connectivity index (χ0n) is 10.3. The van der Waals surface area contributed by atoms with E-state index in [9.17, 15) is 0 Å². The van der Waals surface area contributed by atoms with Crippen molar-refractivity contribution in [2.75, 3.05) is 7.11 Å². The van der Waals surface area contributed by atoms with Crippen LogP contribution in [0.1, 0.15) is 33.1 Å². The Kier molecular flexibility index (Phi) is 3.08. The van der Waals surface area contributed by atoms with E-state index in [-0.39, 0.29) is 11.5 Å². The van der Waals surface area contributed by atoms with E-state index in [0.717, 1.165) is 12.4 Å². The number of hydrazine groups is 1. The molecule has 2 rings (SSSR count). The first-order valence-corrected chi connectivity index (χ1v) is 5.91. The van der Waals surface area contributed by atoms with Crippen molar-refractivity contribution in [2.24, 2.45) is 16.3 Å². The third kappa shape index (κ3) is 2.15. The number of rotatable bonds is 3. The summed E-state index contributed by atoms with van der Waals surface area (Å²) in [7, 11) is 1.76. The second-order valence-corrected chi connectivity index (χ2v) is 5.34. The predicted octanol–water partition coefficient (Wildman–Crippen LogP) is 0.371. The summed E-state index contributed by atoms with van der Waals surface area (Å²) in [5, 5.41) is 3.28. The van der Waals surface area contributed by atoms with Crippen LogP contribution in [0.3, 0.4) is 0 Å². The molecule has 2 saturated carbocycles. The van der Waals surface area contributed by atoms with Crippen LogP contribution < -0.4 is 16.6 Å². The SMILES string of the molecule is COC1CC(N=C(NN)NC2CC2)C1(C)C. The second kappa shape index (κ2) is 4.22. The summed E-state index contributed by atoms with van der Waals surface area (Å²) in [6.07, 6.45) is 3.72. The minimum Gasteiger partial charge on any atom is -0.381 e. The Morgan fingerprint density at radius 3 is 2.56 bits per heavy atom. The molecule has 5 nitrogen and oxygen atoms in total. The quantitative estimate of drug-likeness (QED) is 0.281. The van der Waals surface area contributed by atoms with Crippen LogP contribution in [-0.4, -0.2) is 31.3 Å². The van der Waals surface area contributed by atoms with Gasteiger partial charge in [0.15, 0.2) is 0 Å².